The van der Waals surface area contributed by atoms with E-state index >= 15 is 0 Å². The van der Waals surface area contributed by atoms with Crippen molar-refractivity contribution in [3.05, 3.63) is 34.0 Å². The van der Waals surface area contributed by atoms with Gasteiger partial charge in [0.1, 0.15) is 0 Å². The third kappa shape index (κ3) is 3.38. The number of nitrogens with zero attached hydrogens (tertiary/aromatic N) is 3. The van der Waals surface area contributed by atoms with E-state index in [1.165, 1.54) is 10.6 Å². The Hall–Kier alpha value is -1.20. The number of hydrogen-bond donors (Lipinski definition) is 1. The Morgan fingerprint density at radius 3 is 2.82 bits per heavy atom. The largest absolute Gasteiger partial charge is 0.316 e. The number of aromatic nitrogens is 3. The van der Waals surface area contributed by atoms with Gasteiger partial charge in [-0.1, -0.05) is 0 Å². The summed E-state index contributed by atoms with van der Waals surface area (Å²) in [5, 5.41) is 10.8. The van der Waals surface area contributed by atoms with E-state index in [2.05, 4.69) is 27.0 Å². The average molecular weight is 250 g/mol. The van der Waals surface area contributed by atoms with Crippen molar-refractivity contribution < 1.29 is 0 Å². The summed E-state index contributed by atoms with van der Waals surface area (Å²) in [6.07, 6.45) is 5.96. The Bertz CT molecular complexity index is 432. The van der Waals surface area contributed by atoms with E-state index in [4.69, 9.17) is 0 Å². The maximum atomic E-state index is 4.50. The fourth-order valence-corrected chi connectivity index (χ4v) is 2.70. The minimum Gasteiger partial charge on any atom is -0.316 e. The molecule has 0 fully saturated rings. The molecule has 1 atom stereocenters. The second kappa shape index (κ2) is 5.42. The zero-order chi connectivity index (χ0) is 12.3. The fourth-order valence-electron chi connectivity index (χ4n) is 1.85. The van der Waals surface area contributed by atoms with Crippen LogP contribution in [0.3, 0.4) is 0 Å². The van der Waals surface area contributed by atoms with Crippen molar-refractivity contribution in [3.8, 4) is 0 Å². The summed E-state index contributed by atoms with van der Waals surface area (Å²) in [5.41, 5.74) is 2.38. The first-order valence-electron chi connectivity index (χ1n) is 5.73. The van der Waals surface area contributed by atoms with Crippen molar-refractivity contribution in [2.45, 2.75) is 25.8 Å². The zero-order valence-corrected chi connectivity index (χ0v) is 11.3. The van der Waals surface area contributed by atoms with Crippen LogP contribution in [0.25, 0.3) is 0 Å². The number of likely N-dealkylation sites (N-methyl/N-ethyl adjacent to an activating group) is 1. The fraction of sp³-hybridized carbons (Fsp3) is 0.500. The van der Waals surface area contributed by atoms with Gasteiger partial charge < -0.3 is 5.32 Å². The molecule has 2 rings (SSSR count). The molecule has 1 unspecified atom stereocenters. The van der Waals surface area contributed by atoms with Crippen molar-refractivity contribution >= 4 is 11.3 Å². The van der Waals surface area contributed by atoms with Crippen LogP contribution in [0, 0.1) is 6.92 Å². The molecule has 0 aromatic carbocycles. The third-order valence-corrected chi connectivity index (χ3v) is 3.73. The van der Waals surface area contributed by atoms with E-state index in [9.17, 15) is 0 Å². The molecule has 1 N–H and O–H groups in total. The van der Waals surface area contributed by atoms with Crippen molar-refractivity contribution in [3.63, 3.8) is 0 Å². The summed E-state index contributed by atoms with van der Waals surface area (Å²) in [7, 11) is 3.95. The highest BCUT2D eigenvalue weighted by molar-refractivity contribution is 7.09. The first kappa shape index (κ1) is 12.3. The molecule has 2 heterocycles. The standard InChI is InChI=1S/C12H18N4S/c1-9-8-17-12(15-9)5-11(13-2)4-10-6-14-16(3)7-10/h6-8,11,13H,4-5H2,1-3H3. The van der Waals surface area contributed by atoms with Crippen LogP contribution >= 0.6 is 11.3 Å². The van der Waals surface area contributed by atoms with Gasteiger partial charge in [0, 0.05) is 36.8 Å². The number of hydrogen-bond acceptors (Lipinski definition) is 4. The highest BCUT2D eigenvalue weighted by Crippen LogP contribution is 2.13. The first-order valence-corrected chi connectivity index (χ1v) is 6.61. The molecule has 0 bridgehead atoms. The smallest absolute Gasteiger partial charge is 0.0943 e. The summed E-state index contributed by atoms with van der Waals surface area (Å²) in [6, 6.07) is 0.421. The minimum absolute atomic E-state index is 0.421. The summed E-state index contributed by atoms with van der Waals surface area (Å²) in [6.45, 7) is 2.04. The van der Waals surface area contributed by atoms with Gasteiger partial charge in [0.2, 0.25) is 0 Å². The molecule has 5 heteroatoms. The SMILES string of the molecule is CNC(Cc1cnn(C)c1)Cc1nc(C)cs1. The van der Waals surface area contributed by atoms with Gasteiger partial charge in [-0.05, 0) is 26.0 Å². The zero-order valence-electron chi connectivity index (χ0n) is 10.5. The summed E-state index contributed by atoms with van der Waals surface area (Å²) in [5.74, 6) is 0. The molecule has 0 aliphatic heterocycles. The van der Waals surface area contributed by atoms with Crippen molar-refractivity contribution in [2.75, 3.05) is 7.05 Å². The van der Waals surface area contributed by atoms with Gasteiger partial charge in [0.05, 0.1) is 11.2 Å². The molecule has 0 radical (unpaired) electrons. The number of rotatable bonds is 5. The Labute approximate surface area is 106 Å². The van der Waals surface area contributed by atoms with Crippen LogP contribution in [-0.4, -0.2) is 27.9 Å². The van der Waals surface area contributed by atoms with Crippen LogP contribution < -0.4 is 5.32 Å². The Morgan fingerprint density at radius 1 is 1.47 bits per heavy atom. The van der Waals surface area contributed by atoms with Gasteiger partial charge in [-0.25, -0.2) is 4.98 Å². The lowest BCUT2D eigenvalue weighted by molar-refractivity contribution is 0.554. The van der Waals surface area contributed by atoms with Crippen LogP contribution in [0.5, 0.6) is 0 Å². The van der Waals surface area contributed by atoms with E-state index in [0.29, 0.717) is 6.04 Å². The molecule has 92 valence electrons. The molecule has 0 amide bonds. The Kier molecular flexibility index (Phi) is 3.91. The van der Waals surface area contributed by atoms with E-state index in [-0.39, 0.29) is 0 Å². The second-order valence-electron chi connectivity index (χ2n) is 4.30. The molecular weight excluding hydrogens is 232 g/mol. The number of nitrogens with one attached hydrogen (secondary N) is 1. The van der Waals surface area contributed by atoms with E-state index in [1.54, 1.807) is 11.3 Å². The molecule has 4 nitrogen and oxygen atoms in total. The predicted molar refractivity (Wildman–Crippen MR) is 70.3 cm³/mol. The summed E-state index contributed by atoms with van der Waals surface area (Å²) in [4.78, 5) is 4.50. The molecule has 0 saturated carbocycles. The normalized spacial score (nSPS) is 12.9. The lowest BCUT2D eigenvalue weighted by Gasteiger charge is -2.13. The minimum atomic E-state index is 0.421. The molecule has 2 aromatic rings. The van der Waals surface area contributed by atoms with Crippen LogP contribution in [0.1, 0.15) is 16.3 Å². The molecule has 2 aromatic heterocycles. The van der Waals surface area contributed by atoms with Crippen LogP contribution in [-0.2, 0) is 19.9 Å². The van der Waals surface area contributed by atoms with E-state index in [0.717, 1.165) is 18.5 Å². The van der Waals surface area contributed by atoms with Gasteiger partial charge in [0.15, 0.2) is 0 Å². The predicted octanol–water partition coefficient (Wildman–Crippen LogP) is 1.56. The maximum absolute atomic E-state index is 4.50. The number of thiazole rings is 1. The van der Waals surface area contributed by atoms with Gasteiger partial charge in [-0.15, -0.1) is 11.3 Å². The monoisotopic (exact) mass is 250 g/mol. The van der Waals surface area contributed by atoms with Gasteiger partial charge in [-0.2, -0.15) is 5.10 Å². The molecule has 0 aliphatic rings. The molecule has 0 spiro atoms. The van der Waals surface area contributed by atoms with E-state index in [1.807, 2.05) is 31.9 Å². The lowest BCUT2D eigenvalue weighted by atomic mass is 10.1. The Morgan fingerprint density at radius 2 is 2.29 bits per heavy atom. The summed E-state index contributed by atoms with van der Waals surface area (Å²) >= 11 is 1.74. The quantitative estimate of drug-likeness (QED) is 0.875. The topological polar surface area (TPSA) is 42.7 Å². The highest BCUT2D eigenvalue weighted by atomic mass is 32.1. The van der Waals surface area contributed by atoms with Gasteiger partial charge in [-0.3, -0.25) is 4.68 Å². The Balaban J connectivity index is 1.97. The van der Waals surface area contributed by atoms with Crippen LogP contribution in [0.4, 0.5) is 0 Å². The molecule has 0 saturated heterocycles. The third-order valence-electron chi connectivity index (χ3n) is 2.74. The molecule has 17 heavy (non-hydrogen) atoms. The molecular formula is C12H18N4S. The summed E-state index contributed by atoms with van der Waals surface area (Å²) < 4.78 is 1.84. The highest BCUT2D eigenvalue weighted by Gasteiger charge is 2.11. The van der Waals surface area contributed by atoms with Crippen molar-refractivity contribution in [2.24, 2.45) is 7.05 Å². The first-order chi connectivity index (χ1) is 8.17. The lowest BCUT2D eigenvalue weighted by Crippen LogP contribution is -2.29. The number of aryl methyl sites for hydroxylation is 2. The van der Waals surface area contributed by atoms with Crippen LogP contribution in [0.15, 0.2) is 17.8 Å². The van der Waals surface area contributed by atoms with Gasteiger partial charge >= 0.3 is 0 Å². The van der Waals surface area contributed by atoms with Crippen LogP contribution in [0.2, 0.25) is 0 Å². The van der Waals surface area contributed by atoms with Gasteiger partial charge in [0.25, 0.3) is 0 Å². The van der Waals surface area contributed by atoms with E-state index < -0.39 is 0 Å². The van der Waals surface area contributed by atoms with Crippen molar-refractivity contribution in [1.82, 2.24) is 20.1 Å². The second-order valence-corrected chi connectivity index (χ2v) is 5.24. The van der Waals surface area contributed by atoms with Crippen molar-refractivity contribution in [1.29, 1.82) is 0 Å². The molecule has 0 aliphatic carbocycles. The maximum Gasteiger partial charge on any atom is 0.0943 e. The average Bonchev–Trinajstić information content (AvgIpc) is 2.87.